The van der Waals surface area contributed by atoms with Crippen LogP contribution in [0.15, 0.2) is 66.7 Å². The van der Waals surface area contributed by atoms with Gasteiger partial charge in [0.2, 0.25) is 0 Å². The minimum absolute atomic E-state index is 0.259. The Labute approximate surface area is 113 Å². The molecule has 17 heavy (non-hydrogen) atoms. The van der Waals surface area contributed by atoms with Gasteiger partial charge in [-0.15, -0.1) is 0 Å². The van der Waals surface area contributed by atoms with Gasteiger partial charge in [0.1, 0.15) is 0 Å². The first kappa shape index (κ1) is 12.4. The molecule has 0 aliphatic rings. The van der Waals surface area contributed by atoms with Crippen molar-refractivity contribution >= 4 is 28.2 Å². The summed E-state index contributed by atoms with van der Waals surface area (Å²) >= 11 is -0.259. The normalized spacial score (nSPS) is 11.5. The second kappa shape index (κ2) is 6.64. The van der Waals surface area contributed by atoms with Gasteiger partial charge in [0, 0.05) is 0 Å². The molecular weight excluding hydrogens is 320 g/mol. The van der Waals surface area contributed by atoms with Crippen LogP contribution in [0, 0.1) is 0 Å². The molecule has 2 rings (SSSR count). The number of benzene rings is 2. The van der Waals surface area contributed by atoms with Crippen molar-refractivity contribution in [1.82, 2.24) is 0 Å². The molecule has 0 N–H and O–H groups in total. The van der Waals surface area contributed by atoms with Crippen molar-refractivity contribution in [1.29, 1.82) is 0 Å². The molecule has 0 atom stereocenters. The third-order valence-electron chi connectivity index (χ3n) is 2.42. The van der Waals surface area contributed by atoms with Crippen molar-refractivity contribution in [3.05, 3.63) is 72.3 Å². The fraction of sp³-hybridized carbons (Fsp3) is 0.125. The van der Waals surface area contributed by atoms with E-state index in [-0.39, 0.29) is 20.9 Å². The fourth-order valence-electron chi connectivity index (χ4n) is 1.62. The Kier molecular flexibility index (Phi) is 4.86. The molecule has 0 saturated heterocycles. The SMILES string of the molecule is CC/C=C(/[Te]c1ccccc1)c1ccccc1. The topological polar surface area (TPSA) is 0 Å². The number of rotatable bonds is 4. The average Bonchev–Trinajstić information content (AvgIpc) is 2.40. The molecule has 0 unspecified atom stereocenters. The molecule has 0 saturated carbocycles. The summed E-state index contributed by atoms with van der Waals surface area (Å²) in [5.74, 6) is 0. The molecule has 2 aromatic carbocycles. The summed E-state index contributed by atoms with van der Waals surface area (Å²) in [6, 6.07) is 21.6. The third kappa shape index (κ3) is 3.73. The molecule has 0 fully saturated rings. The number of allylic oxidation sites excluding steroid dienone is 1. The van der Waals surface area contributed by atoms with Gasteiger partial charge in [-0.1, -0.05) is 0 Å². The van der Waals surface area contributed by atoms with Crippen molar-refractivity contribution in [3.63, 3.8) is 0 Å². The molecule has 0 aromatic heterocycles. The summed E-state index contributed by atoms with van der Waals surface area (Å²) in [5, 5.41) is 0. The quantitative estimate of drug-likeness (QED) is 0.751. The van der Waals surface area contributed by atoms with Gasteiger partial charge in [0.15, 0.2) is 0 Å². The van der Waals surface area contributed by atoms with Gasteiger partial charge in [0.25, 0.3) is 0 Å². The summed E-state index contributed by atoms with van der Waals surface area (Å²) in [7, 11) is 0. The molecule has 0 aliphatic heterocycles. The number of hydrogen-bond acceptors (Lipinski definition) is 0. The van der Waals surface area contributed by atoms with Crippen molar-refractivity contribution in [3.8, 4) is 0 Å². The average molecular weight is 336 g/mol. The van der Waals surface area contributed by atoms with Crippen LogP contribution in [0.1, 0.15) is 18.9 Å². The van der Waals surface area contributed by atoms with Gasteiger partial charge < -0.3 is 0 Å². The predicted octanol–water partition coefficient (Wildman–Crippen LogP) is 3.47. The Morgan fingerprint density at radius 1 is 0.941 bits per heavy atom. The first-order valence-electron chi connectivity index (χ1n) is 5.88. The van der Waals surface area contributed by atoms with Crippen LogP contribution in [0.2, 0.25) is 0 Å². The fourth-order valence-corrected chi connectivity index (χ4v) is 4.62. The monoisotopic (exact) mass is 338 g/mol. The van der Waals surface area contributed by atoms with Crippen LogP contribution in [0.3, 0.4) is 0 Å². The minimum atomic E-state index is -0.259. The zero-order valence-electron chi connectivity index (χ0n) is 9.97. The maximum absolute atomic E-state index is 2.38. The van der Waals surface area contributed by atoms with Crippen LogP contribution >= 0.6 is 0 Å². The molecule has 0 radical (unpaired) electrons. The summed E-state index contributed by atoms with van der Waals surface area (Å²) in [4.78, 5) is 0. The van der Waals surface area contributed by atoms with E-state index >= 15 is 0 Å². The second-order valence-electron chi connectivity index (χ2n) is 3.76. The molecule has 2 aromatic rings. The van der Waals surface area contributed by atoms with Gasteiger partial charge in [-0.25, -0.2) is 0 Å². The zero-order valence-corrected chi connectivity index (χ0v) is 12.3. The molecule has 0 aliphatic carbocycles. The van der Waals surface area contributed by atoms with E-state index in [1.165, 1.54) is 9.17 Å². The van der Waals surface area contributed by atoms with E-state index in [1.807, 2.05) is 0 Å². The molecule has 0 amide bonds. The van der Waals surface area contributed by atoms with E-state index in [0.29, 0.717) is 0 Å². The van der Waals surface area contributed by atoms with Crippen molar-refractivity contribution in [2.24, 2.45) is 0 Å². The van der Waals surface area contributed by atoms with E-state index in [4.69, 9.17) is 0 Å². The van der Waals surface area contributed by atoms with Crippen LogP contribution < -0.4 is 3.61 Å². The van der Waals surface area contributed by atoms with E-state index in [1.54, 1.807) is 3.62 Å². The van der Waals surface area contributed by atoms with Gasteiger partial charge in [0.05, 0.1) is 0 Å². The van der Waals surface area contributed by atoms with E-state index in [0.717, 1.165) is 6.42 Å². The van der Waals surface area contributed by atoms with Crippen LogP contribution in [0.4, 0.5) is 0 Å². The standard InChI is InChI=1S/C16H16Te/c1-2-9-16(14-10-5-3-6-11-14)17-15-12-7-4-8-13-15/h3-13H,2H2,1H3/b16-9+. The van der Waals surface area contributed by atoms with Gasteiger partial charge in [-0.3, -0.25) is 0 Å². The summed E-state index contributed by atoms with van der Waals surface area (Å²) < 4.78 is 3.05. The van der Waals surface area contributed by atoms with E-state index < -0.39 is 0 Å². The molecule has 0 heterocycles. The molecule has 0 nitrogen and oxygen atoms in total. The molecule has 1 heteroatoms. The Morgan fingerprint density at radius 2 is 1.53 bits per heavy atom. The molecule has 0 spiro atoms. The maximum atomic E-state index is 2.38. The Hall–Kier alpha value is -1.03. The van der Waals surface area contributed by atoms with E-state index in [2.05, 4.69) is 73.7 Å². The van der Waals surface area contributed by atoms with Crippen molar-refractivity contribution < 1.29 is 0 Å². The zero-order chi connectivity index (χ0) is 11.9. The Bertz CT molecular complexity index is 471. The van der Waals surface area contributed by atoms with Crippen LogP contribution in [0.25, 0.3) is 3.62 Å². The Morgan fingerprint density at radius 3 is 2.12 bits per heavy atom. The summed E-state index contributed by atoms with van der Waals surface area (Å²) in [5.41, 5.74) is 1.39. The van der Waals surface area contributed by atoms with Crippen LogP contribution in [0.5, 0.6) is 0 Å². The molecule has 86 valence electrons. The summed E-state index contributed by atoms with van der Waals surface area (Å²) in [6.07, 6.45) is 3.49. The first-order chi connectivity index (χ1) is 8.40. The Balaban J connectivity index is 2.23. The predicted molar refractivity (Wildman–Crippen MR) is 76.5 cm³/mol. The van der Waals surface area contributed by atoms with E-state index in [9.17, 15) is 0 Å². The summed E-state index contributed by atoms with van der Waals surface area (Å²) in [6.45, 7) is 2.21. The van der Waals surface area contributed by atoms with Crippen LogP contribution in [-0.4, -0.2) is 20.9 Å². The van der Waals surface area contributed by atoms with Gasteiger partial charge in [-0.05, 0) is 0 Å². The van der Waals surface area contributed by atoms with Crippen molar-refractivity contribution in [2.75, 3.05) is 0 Å². The third-order valence-corrected chi connectivity index (χ3v) is 5.64. The van der Waals surface area contributed by atoms with Gasteiger partial charge >= 0.3 is 114 Å². The van der Waals surface area contributed by atoms with Crippen molar-refractivity contribution in [2.45, 2.75) is 13.3 Å². The second-order valence-corrected chi connectivity index (χ2v) is 6.94. The molecular formula is C16H16Te. The first-order valence-corrected chi connectivity index (χ1v) is 8.21. The molecule has 0 bridgehead atoms. The van der Waals surface area contributed by atoms with Crippen LogP contribution in [-0.2, 0) is 0 Å². The number of hydrogen-bond donors (Lipinski definition) is 0. The van der Waals surface area contributed by atoms with Gasteiger partial charge in [-0.2, -0.15) is 0 Å².